The largest absolute Gasteiger partial charge is 0.387 e. The van der Waals surface area contributed by atoms with E-state index < -0.39 is 35.8 Å². The van der Waals surface area contributed by atoms with Crippen LogP contribution in [0.5, 0.6) is 0 Å². The summed E-state index contributed by atoms with van der Waals surface area (Å²) in [6.07, 6.45) is 32.3. The van der Waals surface area contributed by atoms with Gasteiger partial charge in [0.1, 0.15) is 18.3 Å². The molecule has 1 unspecified atom stereocenters. The Morgan fingerprint density at radius 3 is 1.71 bits per heavy atom. The number of nitrogens with zero attached hydrogens (tertiary/aromatic N) is 2. The minimum atomic E-state index is -1.01. The number of amides is 1. The Hall–Kier alpha value is -2.05. The van der Waals surface area contributed by atoms with Crippen LogP contribution >= 0.6 is 0 Å². The first-order valence-electron chi connectivity index (χ1n) is 22.7. The Morgan fingerprint density at radius 2 is 1.22 bits per heavy atom. The maximum atomic E-state index is 12.5. The molecule has 2 rings (SSSR count). The van der Waals surface area contributed by atoms with Crippen LogP contribution in [-0.4, -0.2) is 77.3 Å². The molecular formula is C44H82N4O7. The van der Waals surface area contributed by atoms with Crippen LogP contribution < -0.4 is 16.6 Å². The van der Waals surface area contributed by atoms with E-state index >= 15 is 0 Å². The number of ether oxygens (including phenoxy) is 2. The highest BCUT2D eigenvalue weighted by atomic mass is 16.7. The Balaban J connectivity index is 1.69. The molecule has 0 saturated carbocycles. The first kappa shape index (κ1) is 49.1. The molecule has 320 valence electrons. The van der Waals surface area contributed by atoms with Crippen LogP contribution in [0.25, 0.3) is 0 Å². The Kier molecular flexibility index (Phi) is 29.4. The minimum absolute atomic E-state index is 0.124. The molecule has 11 heteroatoms. The van der Waals surface area contributed by atoms with Crippen molar-refractivity contribution < 1.29 is 24.2 Å². The summed E-state index contributed by atoms with van der Waals surface area (Å²) in [7, 11) is 1.47. The second-order valence-corrected chi connectivity index (χ2v) is 15.9. The van der Waals surface area contributed by atoms with E-state index in [0.29, 0.717) is 6.42 Å². The van der Waals surface area contributed by atoms with E-state index in [1.807, 2.05) is 5.06 Å². The monoisotopic (exact) mass is 779 g/mol. The van der Waals surface area contributed by atoms with Gasteiger partial charge in [0.25, 0.3) is 5.56 Å². The first-order chi connectivity index (χ1) is 26.9. The molecule has 1 aromatic rings. The number of methoxy groups -OCH3 is 1. The summed E-state index contributed by atoms with van der Waals surface area (Å²) < 4.78 is 12.8. The van der Waals surface area contributed by atoms with Crippen molar-refractivity contribution in [3.8, 4) is 0 Å². The Morgan fingerprint density at radius 1 is 0.745 bits per heavy atom. The molecule has 0 aromatic carbocycles. The van der Waals surface area contributed by atoms with Gasteiger partial charge in [-0.15, -0.1) is 0 Å². The van der Waals surface area contributed by atoms with E-state index in [2.05, 4.69) is 24.1 Å². The third kappa shape index (κ3) is 23.1. The molecule has 11 nitrogen and oxygen atoms in total. The number of aromatic amines is 1. The molecule has 1 amide bonds. The molecule has 0 aliphatic carbocycles. The molecule has 0 spiro atoms. The third-order valence-corrected chi connectivity index (χ3v) is 11.1. The van der Waals surface area contributed by atoms with Crippen LogP contribution in [0.4, 0.5) is 0 Å². The smallest absolute Gasteiger partial charge is 0.330 e. The molecule has 0 bridgehead atoms. The van der Waals surface area contributed by atoms with Crippen molar-refractivity contribution in [3.05, 3.63) is 33.1 Å². The number of nitrogens with one attached hydrogen (secondary N) is 2. The lowest BCUT2D eigenvalue weighted by Crippen LogP contribution is -2.39. The number of rotatable bonds is 37. The number of hydrogen-bond acceptors (Lipinski definition) is 8. The summed E-state index contributed by atoms with van der Waals surface area (Å²) >= 11 is 0. The molecule has 0 radical (unpaired) electrons. The lowest BCUT2D eigenvalue weighted by atomic mass is 10.0. The molecule has 3 N–H and O–H groups in total. The molecule has 1 aromatic heterocycles. The number of carbonyl (C=O) groups excluding carboxylic acids is 1. The second kappa shape index (κ2) is 33.0. The zero-order valence-corrected chi connectivity index (χ0v) is 35.4. The zero-order chi connectivity index (χ0) is 39.8. The van der Waals surface area contributed by atoms with Crippen molar-refractivity contribution in [2.75, 3.05) is 33.4 Å². The number of carbonyl (C=O) groups is 1. The highest BCUT2D eigenvalue weighted by molar-refractivity contribution is 5.75. The lowest BCUT2D eigenvalue weighted by molar-refractivity contribution is -0.194. The SMILES string of the molecule is CCCCCCCCCCCCCCCCN(CCCCCCNC(=O)CCCCCCCCCCC)OC[C@H]1O[C@@H](n2ccc(=O)[nH]c2=O)[C@@H](OC)C1O. The van der Waals surface area contributed by atoms with Crippen LogP contribution in [0.15, 0.2) is 21.9 Å². The van der Waals surface area contributed by atoms with Crippen LogP contribution in [0.2, 0.25) is 0 Å². The number of aliphatic hydroxyl groups is 1. The normalized spacial score (nSPS) is 18.4. The fourth-order valence-corrected chi connectivity index (χ4v) is 7.54. The van der Waals surface area contributed by atoms with Crippen molar-refractivity contribution in [1.82, 2.24) is 19.9 Å². The molecule has 1 saturated heterocycles. The van der Waals surface area contributed by atoms with E-state index in [1.165, 1.54) is 146 Å². The molecule has 1 aliphatic heterocycles. The second-order valence-electron chi connectivity index (χ2n) is 15.9. The first-order valence-corrected chi connectivity index (χ1v) is 22.7. The highest BCUT2D eigenvalue weighted by Gasteiger charge is 2.45. The summed E-state index contributed by atoms with van der Waals surface area (Å²) in [6.45, 7) is 6.94. The molecule has 1 fully saturated rings. The van der Waals surface area contributed by atoms with Crippen molar-refractivity contribution in [2.24, 2.45) is 0 Å². The van der Waals surface area contributed by atoms with Crippen molar-refractivity contribution in [2.45, 2.75) is 218 Å². The van der Waals surface area contributed by atoms with E-state index in [9.17, 15) is 19.5 Å². The molecular weight excluding hydrogens is 697 g/mol. The molecule has 55 heavy (non-hydrogen) atoms. The Bertz CT molecular complexity index is 1180. The number of H-pyrrole nitrogens is 1. The summed E-state index contributed by atoms with van der Waals surface area (Å²) in [4.78, 5) is 44.8. The molecule has 2 heterocycles. The van der Waals surface area contributed by atoms with Gasteiger partial charge >= 0.3 is 5.69 Å². The van der Waals surface area contributed by atoms with Gasteiger partial charge < -0.3 is 19.9 Å². The average Bonchev–Trinajstić information content (AvgIpc) is 3.49. The summed E-state index contributed by atoms with van der Waals surface area (Å²) in [5.41, 5.74) is -1.12. The number of aliphatic hydroxyl groups excluding tert-OH is 1. The van der Waals surface area contributed by atoms with Crippen LogP contribution in [0, 0.1) is 0 Å². The van der Waals surface area contributed by atoms with Crippen molar-refractivity contribution in [1.29, 1.82) is 0 Å². The fraction of sp³-hybridized carbons (Fsp3) is 0.886. The van der Waals surface area contributed by atoms with E-state index in [-0.39, 0.29) is 12.5 Å². The van der Waals surface area contributed by atoms with Gasteiger partial charge in [-0.2, -0.15) is 5.06 Å². The number of unbranched alkanes of at least 4 members (excludes halogenated alkanes) is 24. The van der Waals surface area contributed by atoms with Crippen LogP contribution in [-0.2, 0) is 19.1 Å². The maximum absolute atomic E-state index is 12.5. The van der Waals surface area contributed by atoms with E-state index in [0.717, 1.165) is 71.0 Å². The fourth-order valence-electron chi connectivity index (χ4n) is 7.54. The molecule has 1 aliphatic rings. The van der Waals surface area contributed by atoms with Gasteiger partial charge in [-0.25, -0.2) is 4.79 Å². The predicted octanol–water partition coefficient (Wildman–Crippen LogP) is 9.12. The third-order valence-electron chi connectivity index (χ3n) is 11.1. The van der Waals surface area contributed by atoms with Gasteiger partial charge in [-0.05, 0) is 25.7 Å². The number of hydrogen-bond donors (Lipinski definition) is 3. The van der Waals surface area contributed by atoms with Gasteiger partial charge in [0, 0.05) is 45.4 Å². The van der Waals surface area contributed by atoms with Crippen molar-refractivity contribution >= 4 is 5.91 Å². The van der Waals surface area contributed by atoms with Crippen LogP contribution in [0.3, 0.4) is 0 Å². The standard InChI is InChI=1S/C44H82N4O7/c1-4-6-8-10-12-14-15-16-17-18-20-22-25-29-34-47(35-30-26-24-28-33-45-39(49)31-27-23-21-19-13-11-9-7-5-2)54-37-38-41(51)42(53-3)43(55-38)48-36-32-40(50)46-44(48)52/h32,36,38,41-43,51H,4-31,33-35,37H2,1-3H3,(H,45,49)(H,46,50,52)/t38-,41?,42+,43-/m1/s1. The van der Waals surface area contributed by atoms with E-state index in [1.54, 1.807) is 0 Å². The minimum Gasteiger partial charge on any atom is -0.387 e. The number of aromatic nitrogens is 2. The highest BCUT2D eigenvalue weighted by Crippen LogP contribution is 2.31. The van der Waals surface area contributed by atoms with Gasteiger partial charge in [0.2, 0.25) is 5.91 Å². The summed E-state index contributed by atoms with van der Waals surface area (Å²) in [5.74, 6) is 0.176. The predicted molar refractivity (Wildman–Crippen MR) is 223 cm³/mol. The quantitative estimate of drug-likeness (QED) is 0.0450. The lowest BCUT2D eigenvalue weighted by Gasteiger charge is -2.24. The number of hydroxylamine groups is 2. The van der Waals surface area contributed by atoms with Gasteiger partial charge in [-0.3, -0.25) is 24.0 Å². The average molecular weight is 779 g/mol. The summed E-state index contributed by atoms with van der Waals surface area (Å²) in [6, 6.07) is 1.25. The van der Waals surface area contributed by atoms with Gasteiger partial charge in [0.05, 0.1) is 6.61 Å². The van der Waals surface area contributed by atoms with Crippen molar-refractivity contribution in [3.63, 3.8) is 0 Å². The van der Waals surface area contributed by atoms with Gasteiger partial charge in [0.15, 0.2) is 6.23 Å². The molecule has 4 atom stereocenters. The Labute approximate surface area is 334 Å². The topological polar surface area (TPSA) is 135 Å². The maximum Gasteiger partial charge on any atom is 0.330 e. The zero-order valence-electron chi connectivity index (χ0n) is 35.4. The van der Waals surface area contributed by atoms with Crippen LogP contribution in [0.1, 0.15) is 200 Å². The summed E-state index contributed by atoms with van der Waals surface area (Å²) in [5, 5.41) is 16.1. The van der Waals surface area contributed by atoms with Gasteiger partial charge in [-0.1, -0.05) is 162 Å². The van der Waals surface area contributed by atoms with E-state index in [4.69, 9.17) is 14.3 Å².